The summed E-state index contributed by atoms with van der Waals surface area (Å²) in [6, 6.07) is 16.1. The molecular formula is C18H19NO3. The van der Waals surface area contributed by atoms with Gasteiger partial charge < -0.3 is 10.4 Å². The number of hydrogen-bond donors (Lipinski definition) is 2. The first-order valence-corrected chi connectivity index (χ1v) is 7.08. The molecule has 2 rings (SSSR count). The van der Waals surface area contributed by atoms with Gasteiger partial charge in [0.05, 0.1) is 11.3 Å². The van der Waals surface area contributed by atoms with E-state index in [1.54, 1.807) is 18.2 Å². The Morgan fingerprint density at radius 3 is 2.23 bits per heavy atom. The highest BCUT2D eigenvalue weighted by Gasteiger charge is 2.28. The van der Waals surface area contributed by atoms with Crippen LogP contribution in [0, 0.1) is 5.41 Å². The number of carbonyl (C=O) groups excluding carboxylic acids is 1. The molecule has 0 saturated carbocycles. The predicted molar refractivity (Wildman–Crippen MR) is 86.0 cm³/mol. The van der Waals surface area contributed by atoms with Gasteiger partial charge in [-0.3, -0.25) is 4.79 Å². The average Bonchev–Trinajstić information content (AvgIpc) is 2.48. The summed E-state index contributed by atoms with van der Waals surface area (Å²) >= 11 is 0. The van der Waals surface area contributed by atoms with E-state index in [0.29, 0.717) is 12.1 Å². The molecule has 0 radical (unpaired) electrons. The second-order valence-corrected chi connectivity index (χ2v) is 5.85. The zero-order valence-electron chi connectivity index (χ0n) is 12.7. The Balaban J connectivity index is 2.16. The number of anilines is 1. The van der Waals surface area contributed by atoms with Crippen molar-refractivity contribution in [1.82, 2.24) is 0 Å². The fraction of sp³-hybridized carbons (Fsp3) is 0.222. The van der Waals surface area contributed by atoms with Crippen LogP contribution in [0.1, 0.15) is 29.8 Å². The summed E-state index contributed by atoms with van der Waals surface area (Å²) in [4.78, 5) is 23.7. The van der Waals surface area contributed by atoms with Crippen molar-refractivity contribution in [2.24, 2.45) is 5.41 Å². The second kappa shape index (κ2) is 6.43. The van der Waals surface area contributed by atoms with Crippen molar-refractivity contribution in [1.29, 1.82) is 0 Å². The molecule has 22 heavy (non-hydrogen) atoms. The second-order valence-electron chi connectivity index (χ2n) is 5.85. The van der Waals surface area contributed by atoms with Crippen molar-refractivity contribution in [3.8, 4) is 0 Å². The number of amides is 1. The molecule has 0 aliphatic heterocycles. The summed E-state index contributed by atoms with van der Waals surface area (Å²) in [5, 5.41) is 11.9. The van der Waals surface area contributed by atoms with Gasteiger partial charge in [0.15, 0.2) is 0 Å². The van der Waals surface area contributed by atoms with Crippen molar-refractivity contribution >= 4 is 17.6 Å². The SMILES string of the molecule is CC(C)(Cc1ccccc1)C(=O)Nc1ccccc1C(=O)O. The number of carbonyl (C=O) groups is 2. The Labute approximate surface area is 129 Å². The molecule has 0 aromatic heterocycles. The lowest BCUT2D eigenvalue weighted by Gasteiger charge is -2.24. The number of para-hydroxylation sites is 1. The van der Waals surface area contributed by atoms with Crippen molar-refractivity contribution in [2.75, 3.05) is 5.32 Å². The molecular weight excluding hydrogens is 278 g/mol. The Hall–Kier alpha value is -2.62. The Kier molecular flexibility index (Phi) is 4.61. The summed E-state index contributed by atoms with van der Waals surface area (Å²) in [6.07, 6.45) is 0.578. The molecule has 2 N–H and O–H groups in total. The van der Waals surface area contributed by atoms with Crippen LogP contribution in [0.15, 0.2) is 54.6 Å². The van der Waals surface area contributed by atoms with Crippen LogP contribution in [0.2, 0.25) is 0 Å². The highest BCUT2D eigenvalue weighted by molar-refractivity contribution is 6.02. The smallest absolute Gasteiger partial charge is 0.337 e. The van der Waals surface area contributed by atoms with Gasteiger partial charge in [0.2, 0.25) is 5.91 Å². The minimum absolute atomic E-state index is 0.0892. The highest BCUT2D eigenvalue weighted by Crippen LogP contribution is 2.25. The maximum absolute atomic E-state index is 12.5. The molecule has 0 fully saturated rings. The monoisotopic (exact) mass is 297 g/mol. The fourth-order valence-electron chi connectivity index (χ4n) is 2.26. The minimum Gasteiger partial charge on any atom is -0.478 e. The molecule has 2 aromatic carbocycles. The molecule has 0 atom stereocenters. The van der Waals surface area contributed by atoms with Crippen LogP contribution in [0.3, 0.4) is 0 Å². The van der Waals surface area contributed by atoms with Crippen LogP contribution in [-0.2, 0) is 11.2 Å². The van der Waals surface area contributed by atoms with Crippen molar-refractivity contribution in [3.05, 3.63) is 65.7 Å². The lowest BCUT2D eigenvalue weighted by Crippen LogP contribution is -2.33. The van der Waals surface area contributed by atoms with Gasteiger partial charge in [0.1, 0.15) is 0 Å². The van der Waals surface area contributed by atoms with Gasteiger partial charge in [-0.1, -0.05) is 56.3 Å². The first-order valence-electron chi connectivity index (χ1n) is 7.08. The van der Waals surface area contributed by atoms with E-state index in [1.165, 1.54) is 6.07 Å². The molecule has 114 valence electrons. The van der Waals surface area contributed by atoms with E-state index in [9.17, 15) is 9.59 Å². The topological polar surface area (TPSA) is 66.4 Å². The maximum atomic E-state index is 12.5. The summed E-state index contributed by atoms with van der Waals surface area (Å²) < 4.78 is 0. The zero-order chi connectivity index (χ0) is 16.2. The van der Waals surface area contributed by atoms with Crippen LogP contribution in [0.25, 0.3) is 0 Å². The summed E-state index contributed by atoms with van der Waals surface area (Å²) in [7, 11) is 0. The molecule has 0 unspecified atom stereocenters. The molecule has 0 bridgehead atoms. The normalized spacial score (nSPS) is 11.0. The molecule has 4 nitrogen and oxygen atoms in total. The Morgan fingerprint density at radius 1 is 1.00 bits per heavy atom. The van der Waals surface area contributed by atoms with E-state index in [4.69, 9.17) is 5.11 Å². The Morgan fingerprint density at radius 2 is 1.59 bits per heavy atom. The molecule has 2 aromatic rings. The lowest BCUT2D eigenvalue weighted by molar-refractivity contribution is -0.123. The minimum atomic E-state index is -1.06. The molecule has 0 aliphatic rings. The first-order chi connectivity index (χ1) is 10.4. The Bertz CT molecular complexity index is 678. The average molecular weight is 297 g/mol. The molecule has 0 heterocycles. The predicted octanol–water partition coefficient (Wildman–Crippen LogP) is 3.59. The third kappa shape index (κ3) is 3.73. The van der Waals surface area contributed by atoms with Gasteiger partial charge in [0.25, 0.3) is 0 Å². The van der Waals surface area contributed by atoms with Crippen LogP contribution >= 0.6 is 0 Å². The number of carboxylic acid groups (broad SMARTS) is 1. The summed E-state index contributed by atoms with van der Waals surface area (Å²) in [5.74, 6) is -1.26. The number of aromatic carboxylic acids is 1. The van der Waals surface area contributed by atoms with Crippen LogP contribution in [-0.4, -0.2) is 17.0 Å². The third-order valence-corrected chi connectivity index (χ3v) is 3.51. The van der Waals surface area contributed by atoms with E-state index in [-0.39, 0.29) is 11.5 Å². The zero-order valence-corrected chi connectivity index (χ0v) is 12.7. The number of carboxylic acids is 1. The number of hydrogen-bond acceptors (Lipinski definition) is 2. The number of rotatable bonds is 5. The van der Waals surface area contributed by atoms with E-state index >= 15 is 0 Å². The highest BCUT2D eigenvalue weighted by atomic mass is 16.4. The molecule has 0 aliphatic carbocycles. The molecule has 0 spiro atoms. The van der Waals surface area contributed by atoms with Crippen molar-refractivity contribution in [2.45, 2.75) is 20.3 Å². The molecule has 1 amide bonds. The summed E-state index contributed by atoms with van der Waals surface area (Å²) in [5.41, 5.74) is 0.828. The number of benzene rings is 2. The van der Waals surface area contributed by atoms with Gasteiger partial charge in [-0.15, -0.1) is 0 Å². The van der Waals surface area contributed by atoms with Crippen LogP contribution < -0.4 is 5.32 Å². The van der Waals surface area contributed by atoms with Gasteiger partial charge >= 0.3 is 5.97 Å². The van der Waals surface area contributed by atoms with E-state index in [1.807, 2.05) is 44.2 Å². The van der Waals surface area contributed by atoms with E-state index in [0.717, 1.165) is 5.56 Å². The third-order valence-electron chi connectivity index (χ3n) is 3.51. The quantitative estimate of drug-likeness (QED) is 0.886. The number of nitrogens with one attached hydrogen (secondary N) is 1. The van der Waals surface area contributed by atoms with Gasteiger partial charge in [-0.05, 0) is 24.1 Å². The molecule has 4 heteroatoms. The van der Waals surface area contributed by atoms with E-state index < -0.39 is 11.4 Å². The standard InChI is InChI=1S/C18H19NO3/c1-18(2,12-13-8-4-3-5-9-13)17(22)19-15-11-7-6-10-14(15)16(20)21/h3-11H,12H2,1-2H3,(H,19,22)(H,20,21). The van der Waals surface area contributed by atoms with Crippen LogP contribution in [0.5, 0.6) is 0 Å². The fourth-order valence-corrected chi connectivity index (χ4v) is 2.26. The van der Waals surface area contributed by atoms with Gasteiger partial charge in [0, 0.05) is 5.41 Å². The van der Waals surface area contributed by atoms with Crippen molar-refractivity contribution < 1.29 is 14.7 Å². The lowest BCUT2D eigenvalue weighted by atomic mass is 9.84. The van der Waals surface area contributed by atoms with E-state index in [2.05, 4.69) is 5.32 Å². The largest absolute Gasteiger partial charge is 0.478 e. The maximum Gasteiger partial charge on any atom is 0.337 e. The van der Waals surface area contributed by atoms with Crippen molar-refractivity contribution in [3.63, 3.8) is 0 Å². The van der Waals surface area contributed by atoms with Crippen LogP contribution in [0.4, 0.5) is 5.69 Å². The molecule has 0 saturated heterocycles. The van der Waals surface area contributed by atoms with Gasteiger partial charge in [-0.2, -0.15) is 0 Å². The first kappa shape index (κ1) is 15.8. The summed E-state index contributed by atoms with van der Waals surface area (Å²) in [6.45, 7) is 3.69. The van der Waals surface area contributed by atoms with Gasteiger partial charge in [-0.25, -0.2) is 4.79 Å².